The Bertz CT molecular complexity index is 1180. The molecule has 0 radical (unpaired) electrons. The predicted molar refractivity (Wildman–Crippen MR) is 117 cm³/mol. The molecule has 1 aliphatic carbocycles. The van der Waals surface area contributed by atoms with Crippen LogP contribution in [0.15, 0.2) is 66.7 Å². The minimum Gasteiger partial charge on any atom is -0.481 e. The molecule has 1 amide bonds. The molecule has 1 heterocycles. The lowest BCUT2D eigenvalue weighted by molar-refractivity contribution is -0.141. The third-order valence-electron chi connectivity index (χ3n) is 6.54. The molecule has 3 aromatic rings. The Hall–Kier alpha value is -3.74. The second kappa shape index (κ2) is 8.31. The summed E-state index contributed by atoms with van der Waals surface area (Å²) in [5.41, 5.74) is 4.58. The van der Waals surface area contributed by atoms with Crippen LogP contribution >= 0.6 is 0 Å². The predicted octanol–water partition coefficient (Wildman–Crippen LogP) is 5.01. The van der Waals surface area contributed by atoms with Gasteiger partial charge in [0.05, 0.1) is 5.92 Å². The number of carbonyl (C=O) groups is 2. The van der Waals surface area contributed by atoms with E-state index in [1.165, 1.54) is 4.90 Å². The summed E-state index contributed by atoms with van der Waals surface area (Å²) in [6.45, 7) is 0.0334. The number of carbonyl (C=O) groups excluding carboxylic acids is 1. The van der Waals surface area contributed by atoms with E-state index in [4.69, 9.17) is 4.74 Å². The van der Waals surface area contributed by atoms with Crippen LogP contribution in [0.4, 0.5) is 13.6 Å². The minimum absolute atomic E-state index is 0.0105. The number of fused-ring (bicyclic) bond motifs is 3. The molecule has 0 spiro atoms. The van der Waals surface area contributed by atoms with Gasteiger partial charge >= 0.3 is 12.1 Å². The fourth-order valence-corrected chi connectivity index (χ4v) is 5.02. The van der Waals surface area contributed by atoms with Gasteiger partial charge in [0.1, 0.15) is 18.2 Å². The first kappa shape index (κ1) is 21.1. The summed E-state index contributed by atoms with van der Waals surface area (Å²) in [5, 5.41) is 9.64. The smallest absolute Gasteiger partial charge is 0.409 e. The van der Waals surface area contributed by atoms with Crippen LogP contribution in [0.1, 0.15) is 28.5 Å². The van der Waals surface area contributed by atoms with Crippen molar-refractivity contribution in [1.82, 2.24) is 4.90 Å². The maximum Gasteiger partial charge on any atom is 0.409 e. The monoisotopic (exact) mass is 449 g/mol. The fraction of sp³-hybridized carbons (Fsp3) is 0.231. The lowest BCUT2D eigenvalue weighted by atomic mass is 9.89. The number of rotatable bonds is 4. The first-order valence-corrected chi connectivity index (χ1v) is 10.7. The van der Waals surface area contributed by atoms with Gasteiger partial charge in [-0.05, 0) is 39.9 Å². The van der Waals surface area contributed by atoms with Crippen LogP contribution in [0.2, 0.25) is 0 Å². The standard InChI is InChI=1S/C26H21F2NO4/c27-16-9-15(10-17(28)11-16)22-12-29(13-23(22)25(30)31)26(32)33-14-24-20-7-3-1-5-18(20)19-6-2-4-8-21(19)24/h1-11,22-24H,12-14H2,(H,30,31). The van der Waals surface area contributed by atoms with E-state index < -0.39 is 35.5 Å². The first-order valence-electron chi connectivity index (χ1n) is 10.7. The summed E-state index contributed by atoms with van der Waals surface area (Å²) in [6.07, 6.45) is -0.637. The number of benzene rings is 3. The van der Waals surface area contributed by atoms with Crippen molar-refractivity contribution in [3.63, 3.8) is 0 Å². The molecule has 1 N–H and O–H groups in total. The third kappa shape index (κ3) is 3.84. The summed E-state index contributed by atoms with van der Waals surface area (Å²) in [7, 11) is 0. The highest BCUT2D eigenvalue weighted by atomic mass is 19.1. The van der Waals surface area contributed by atoms with Crippen LogP contribution in [-0.2, 0) is 9.53 Å². The molecule has 5 rings (SSSR count). The van der Waals surface area contributed by atoms with Gasteiger partial charge in [-0.1, -0.05) is 48.5 Å². The number of carboxylic acid groups (broad SMARTS) is 1. The Labute approximate surface area is 189 Å². The molecule has 2 atom stereocenters. The molecule has 0 saturated carbocycles. The van der Waals surface area contributed by atoms with Crippen LogP contribution in [-0.4, -0.2) is 41.8 Å². The summed E-state index contributed by atoms with van der Waals surface area (Å²) >= 11 is 0. The summed E-state index contributed by atoms with van der Waals surface area (Å²) < 4.78 is 33.0. The zero-order chi connectivity index (χ0) is 23.1. The highest BCUT2D eigenvalue weighted by Crippen LogP contribution is 2.44. The third-order valence-corrected chi connectivity index (χ3v) is 6.54. The molecule has 1 fully saturated rings. The maximum absolute atomic E-state index is 13.7. The van der Waals surface area contributed by atoms with Crippen LogP contribution in [0, 0.1) is 17.6 Å². The van der Waals surface area contributed by atoms with Gasteiger partial charge in [0, 0.05) is 31.0 Å². The molecule has 7 heteroatoms. The quantitative estimate of drug-likeness (QED) is 0.608. The maximum atomic E-state index is 13.7. The molecule has 1 saturated heterocycles. The summed E-state index contributed by atoms with van der Waals surface area (Å²) in [6, 6.07) is 18.9. The van der Waals surface area contributed by atoms with E-state index in [9.17, 15) is 23.5 Å². The molecular formula is C26H21F2NO4. The summed E-state index contributed by atoms with van der Waals surface area (Å²) in [4.78, 5) is 26.0. The number of carboxylic acids is 1. The highest BCUT2D eigenvalue weighted by Gasteiger charge is 2.42. The van der Waals surface area contributed by atoms with E-state index in [-0.39, 0.29) is 31.2 Å². The second-order valence-corrected chi connectivity index (χ2v) is 8.46. The molecule has 3 aromatic carbocycles. The van der Waals surface area contributed by atoms with E-state index in [0.717, 1.165) is 40.5 Å². The lowest BCUT2D eigenvalue weighted by Crippen LogP contribution is -2.31. The molecule has 0 bridgehead atoms. The second-order valence-electron chi connectivity index (χ2n) is 8.46. The van der Waals surface area contributed by atoms with Gasteiger partial charge in [0.25, 0.3) is 0 Å². The van der Waals surface area contributed by atoms with Crippen LogP contribution < -0.4 is 0 Å². The Morgan fingerprint density at radius 3 is 2.06 bits per heavy atom. The molecule has 2 unspecified atom stereocenters. The number of ether oxygens (including phenoxy) is 1. The average Bonchev–Trinajstić information content (AvgIpc) is 3.38. The molecule has 33 heavy (non-hydrogen) atoms. The Morgan fingerprint density at radius 1 is 0.909 bits per heavy atom. The normalized spacial score (nSPS) is 19.3. The molecule has 0 aromatic heterocycles. The lowest BCUT2D eigenvalue weighted by Gasteiger charge is -2.19. The van der Waals surface area contributed by atoms with Crippen molar-refractivity contribution < 1.29 is 28.2 Å². The Balaban J connectivity index is 1.33. The molecule has 5 nitrogen and oxygen atoms in total. The van der Waals surface area contributed by atoms with Gasteiger partial charge < -0.3 is 14.7 Å². The zero-order valence-electron chi connectivity index (χ0n) is 17.6. The molecular weight excluding hydrogens is 428 g/mol. The van der Waals surface area contributed by atoms with Crippen molar-refractivity contribution >= 4 is 12.1 Å². The number of hydrogen-bond donors (Lipinski definition) is 1. The average molecular weight is 449 g/mol. The van der Waals surface area contributed by atoms with Gasteiger partial charge in [0.2, 0.25) is 0 Å². The van der Waals surface area contributed by atoms with E-state index >= 15 is 0 Å². The van der Waals surface area contributed by atoms with Gasteiger partial charge in [-0.25, -0.2) is 13.6 Å². The number of halogens is 2. The van der Waals surface area contributed by atoms with Crippen molar-refractivity contribution in [2.24, 2.45) is 5.92 Å². The van der Waals surface area contributed by atoms with Gasteiger partial charge in [0.15, 0.2) is 0 Å². The van der Waals surface area contributed by atoms with Crippen LogP contribution in [0.25, 0.3) is 11.1 Å². The van der Waals surface area contributed by atoms with Crippen molar-refractivity contribution in [1.29, 1.82) is 0 Å². The number of amides is 1. The molecule has 2 aliphatic rings. The molecule has 1 aliphatic heterocycles. The number of likely N-dealkylation sites (tertiary alicyclic amines) is 1. The largest absolute Gasteiger partial charge is 0.481 e. The number of aliphatic carboxylic acids is 1. The molecule has 168 valence electrons. The van der Waals surface area contributed by atoms with Crippen LogP contribution in [0.5, 0.6) is 0 Å². The van der Waals surface area contributed by atoms with Crippen molar-refractivity contribution in [2.75, 3.05) is 19.7 Å². The van der Waals surface area contributed by atoms with E-state index in [2.05, 4.69) is 0 Å². The van der Waals surface area contributed by atoms with Crippen molar-refractivity contribution in [3.8, 4) is 11.1 Å². The van der Waals surface area contributed by atoms with Gasteiger partial charge in [-0.3, -0.25) is 4.79 Å². The fourth-order valence-electron chi connectivity index (χ4n) is 5.02. The SMILES string of the molecule is O=C(O)C1CN(C(=O)OCC2c3ccccc3-c3ccccc32)CC1c1cc(F)cc(F)c1. The van der Waals surface area contributed by atoms with E-state index in [1.807, 2.05) is 48.5 Å². The topological polar surface area (TPSA) is 66.8 Å². The zero-order valence-corrected chi connectivity index (χ0v) is 17.6. The van der Waals surface area contributed by atoms with Crippen molar-refractivity contribution in [3.05, 3.63) is 95.1 Å². The van der Waals surface area contributed by atoms with Crippen molar-refractivity contribution in [2.45, 2.75) is 11.8 Å². The van der Waals surface area contributed by atoms with E-state index in [0.29, 0.717) is 0 Å². The Morgan fingerprint density at radius 2 is 1.48 bits per heavy atom. The number of nitrogens with zero attached hydrogens (tertiary/aromatic N) is 1. The summed E-state index contributed by atoms with van der Waals surface area (Å²) in [5.74, 6) is -4.52. The van der Waals surface area contributed by atoms with Gasteiger partial charge in [-0.15, -0.1) is 0 Å². The first-order chi connectivity index (χ1) is 15.9. The van der Waals surface area contributed by atoms with Gasteiger partial charge in [-0.2, -0.15) is 0 Å². The minimum atomic E-state index is -1.13. The number of hydrogen-bond acceptors (Lipinski definition) is 3. The van der Waals surface area contributed by atoms with E-state index in [1.54, 1.807) is 0 Å². The highest BCUT2D eigenvalue weighted by molar-refractivity contribution is 5.79. The Kier molecular flexibility index (Phi) is 5.32. The van der Waals surface area contributed by atoms with Crippen LogP contribution in [0.3, 0.4) is 0 Å².